The fourth-order valence-electron chi connectivity index (χ4n) is 2.38. The van der Waals surface area contributed by atoms with Crippen LogP contribution in [0.25, 0.3) is 0 Å². The molecule has 0 bridgehead atoms. The molecule has 0 unspecified atom stereocenters. The van der Waals surface area contributed by atoms with Crippen LogP contribution in [0.1, 0.15) is 22.4 Å². The van der Waals surface area contributed by atoms with Gasteiger partial charge in [-0.25, -0.2) is 4.98 Å². The third-order valence-corrected chi connectivity index (χ3v) is 3.42. The number of nitrogens with one attached hydrogen (secondary N) is 1. The van der Waals surface area contributed by atoms with E-state index in [1.807, 2.05) is 31.2 Å². The summed E-state index contributed by atoms with van der Waals surface area (Å²) in [4.78, 5) is 4.33. The van der Waals surface area contributed by atoms with Crippen LogP contribution >= 0.6 is 0 Å². The summed E-state index contributed by atoms with van der Waals surface area (Å²) >= 11 is 0. The zero-order chi connectivity index (χ0) is 16.9. The maximum Gasteiger partial charge on any atom is 0.231 e. The van der Waals surface area contributed by atoms with Crippen molar-refractivity contribution in [3.05, 3.63) is 46.6 Å². The second-order valence-corrected chi connectivity index (χ2v) is 5.17. The summed E-state index contributed by atoms with van der Waals surface area (Å²) in [6, 6.07) is 9.49. The molecule has 24 heavy (non-hydrogen) atoms. The molecule has 1 aromatic heterocycles. The Morgan fingerprint density at radius 3 is 3.00 bits per heavy atom. The minimum atomic E-state index is 0.231. The van der Waals surface area contributed by atoms with Gasteiger partial charge >= 0.3 is 0 Å². The summed E-state index contributed by atoms with van der Waals surface area (Å²) in [6.07, 6.45) is 1.63. The Balaban J connectivity index is 1.80. The van der Waals surface area contributed by atoms with Crippen molar-refractivity contribution in [3.8, 4) is 17.6 Å². The highest BCUT2D eigenvalue weighted by Gasteiger charge is 2.13. The Morgan fingerprint density at radius 2 is 2.21 bits per heavy atom. The standard InChI is InChI=1S/C17H16N4O3/c1-11-5-13(9-22-2)14(7-18)17(20-11)21-19-8-12-3-4-15-16(6-12)24-10-23-15/h3-6,8H,9-10H2,1-2H3,(H,20,21)/b19-8+. The van der Waals surface area contributed by atoms with Gasteiger partial charge in [0.25, 0.3) is 0 Å². The Kier molecular flexibility index (Phi) is 4.59. The first-order valence-electron chi connectivity index (χ1n) is 7.29. The summed E-state index contributed by atoms with van der Waals surface area (Å²) in [7, 11) is 1.59. The van der Waals surface area contributed by atoms with Crippen molar-refractivity contribution >= 4 is 12.0 Å². The highest BCUT2D eigenvalue weighted by atomic mass is 16.7. The molecule has 0 radical (unpaired) electrons. The van der Waals surface area contributed by atoms with E-state index in [0.29, 0.717) is 23.7 Å². The van der Waals surface area contributed by atoms with Crippen molar-refractivity contribution in [2.24, 2.45) is 5.10 Å². The zero-order valence-electron chi connectivity index (χ0n) is 13.4. The highest BCUT2D eigenvalue weighted by molar-refractivity contribution is 5.81. The van der Waals surface area contributed by atoms with Gasteiger partial charge in [-0.3, -0.25) is 5.43 Å². The Labute approximate surface area is 139 Å². The van der Waals surface area contributed by atoms with E-state index in [4.69, 9.17) is 14.2 Å². The number of nitriles is 1. The largest absolute Gasteiger partial charge is 0.454 e. The van der Waals surface area contributed by atoms with Gasteiger partial charge in [0, 0.05) is 18.4 Å². The molecular formula is C17H16N4O3. The molecule has 7 nitrogen and oxygen atoms in total. The van der Waals surface area contributed by atoms with Crippen LogP contribution in [0.15, 0.2) is 29.4 Å². The van der Waals surface area contributed by atoms with Gasteiger partial charge in [-0.1, -0.05) is 0 Å². The number of hydrogen-bond donors (Lipinski definition) is 1. The number of nitrogens with zero attached hydrogens (tertiary/aromatic N) is 3. The average Bonchev–Trinajstić information content (AvgIpc) is 3.03. The Bertz CT molecular complexity index is 827. The van der Waals surface area contributed by atoms with Crippen LogP contribution in [0.3, 0.4) is 0 Å². The van der Waals surface area contributed by atoms with Crippen molar-refractivity contribution in [2.45, 2.75) is 13.5 Å². The number of ether oxygens (including phenoxy) is 3. The predicted octanol–water partition coefficient (Wildman–Crippen LogP) is 2.58. The van der Waals surface area contributed by atoms with Crippen LogP contribution in [0.4, 0.5) is 5.82 Å². The van der Waals surface area contributed by atoms with E-state index in [-0.39, 0.29) is 6.79 Å². The van der Waals surface area contributed by atoms with Gasteiger partial charge in [0.15, 0.2) is 17.3 Å². The van der Waals surface area contributed by atoms with Crippen molar-refractivity contribution in [1.29, 1.82) is 5.26 Å². The number of methoxy groups -OCH3 is 1. The normalized spacial score (nSPS) is 12.4. The van der Waals surface area contributed by atoms with Gasteiger partial charge in [0.1, 0.15) is 11.6 Å². The lowest BCUT2D eigenvalue weighted by Crippen LogP contribution is -2.03. The molecule has 0 aliphatic carbocycles. The van der Waals surface area contributed by atoms with E-state index in [0.717, 1.165) is 22.6 Å². The van der Waals surface area contributed by atoms with E-state index in [1.165, 1.54) is 0 Å². The van der Waals surface area contributed by atoms with Crippen molar-refractivity contribution in [1.82, 2.24) is 4.98 Å². The number of aromatic nitrogens is 1. The van der Waals surface area contributed by atoms with Gasteiger partial charge in [0.05, 0.1) is 12.8 Å². The maximum absolute atomic E-state index is 9.37. The maximum atomic E-state index is 9.37. The number of benzene rings is 1. The molecule has 7 heteroatoms. The number of fused-ring (bicyclic) bond motifs is 1. The molecule has 0 atom stereocenters. The first kappa shape index (κ1) is 15.8. The van der Waals surface area contributed by atoms with Crippen LogP contribution in [0, 0.1) is 18.3 Å². The van der Waals surface area contributed by atoms with Gasteiger partial charge in [-0.05, 0) is 36.8 Å². The minimum Gasteiger partial charge on any atom is -0.454 e. The monoisotopic (exact) mass is 324 g/mol. The smallest absolute Gasteiger partial charge is 0.231 e. The van der Waals surface area contributed by atoms with Crippen LogP contribution in [-0.4, -0.2) is 25.1 Å². The van der Waals surface area contributed by atoms with E-state index in [2.05, 4.69) is 21.6 Å². The summed E-state index contributed by atoms with van der Waals surface area (Å²) in [5, 5.41) is 13.5. The molecule has 0 saturated carbocycles. The minimum absolute atomic E-state index is 0.231. The topological polar surface area (TPSA) is 88.8 Å². The first-order chi connectivity index (χ1) is 11.7. The third-order valence-electron chi connectivity index (χ3n) is 3.42. The molecule has 0 saturated heterocycles. The third kappa shape index (κ3) is 3.29. The zero-order valence-corrected chi connectivity index (χ0v) is 13.4. The van der Waals surface area contributed by atoms with E-state index >= 15 is 0 Å². The SMILES string of the molecule is COCc1cc(C)nc(N/N=C/c2ccc3c(c2)OCO3)c1C#N. The van der Waals surface area contributed by atoms with Crippen LogP contribution < -0.4 is 14.9 Å². The van der Waals surface area contributed by atoms with Crippen LogP contribution in [-0.2, 0) is 11.3 Å². The van der Waals surface area contributed by atoms with E-state index in [9.17, 15) is 5.26 Å². The van der Waals surface area contributed by atoms with E-state index < -0.39 is 0 Å². The molecule has 1 aromatic carbocycles. The molecule has 0 fully saturated rings. The van der Waals surface area contributed by atoms with Crippen LogP contribution in [0.5, 0.6) is 11.5 Å². The number of hydrazone groups is 1. The number of anilines is 1. The number of rotatable bonds is 5. The summed E-state index contributed by atoms with van der Waals surface area (Å²) in [5.74, 6) is 1.81. The van der Waals surface area contributed by atoms with Gasteiger partial charge in [-0.15, -0.1) is 0 Å². The van der Waals surface area contributed by atoms with E-state index in [1.54, 1.807) is 13.3 Å². The number of hydrogen-bond acceptors (Lipinski definition) is 7. The molecular weight excluding hydrogens is 308 g/mol. The average molecular weight is 324 g/mol. The number of pyridine rings is 1. The lowest BCUT2D eigenvalue weighted by Gasteiger charge is -2.09. The quantitative estimate of drug-likeness (QED) is 0.672. The highest BCUT2D eigenvalue weighted by Crippen LogP contribution is 2.32. The Hall–Kier alpha value is -3.11. The lowest BCUT2D eigenvalue weighted by molar-refractivity contribution is 0.174. The fourth-order valence-corrected chi connectivity index (χ4v) is 2.38. The number of aryl methyl sites for hydroxylation is 1. The summed E-state index contributed by atoms with van der Waals surface area (Å²) in [5.41, 5.74) is 5.64. The molecule has 0 spiro atoms. The molecule has 2 heterocycles. The van der Waals surface area contributed by atoms with Gasteiger partial charge < -0.3 is 14.2 Å². The second-order valence-electron chi connectivity index (χ2n) is 5.17. The fraction of sp³-hybridized carbons (Fsp3) is 0.235. The van der Waals surface area contributed by atoms with Gasteiger partial charge in [-0.2, -0.15) is 10.4 Å². The first-order valence-corrected chi connectivity index (χ1v) is 7.29. The lowest BCUT2D eigenvalue weighted by atomic mass is 10.1. The molecule has 0 amide bonds. The second kappa shape index (κ2) is 6.98. The summed E-state index contributed by atoms with van der Waals surface area (Å²) < 4.78 is 15.7. The Morgan fingerprint density at radius 1 is 1.38 bits per heavy atom. The van der Waals surface area contributed by atoms with Crippen molar-refractivity contribution in [2.75, 3.05) is 19.3 Å². The van der Waals surface area contributed by atoms with Gasteiger partial charge in [0.2, 0.25) is 6.79 Å². The molecule has 2 aromatic rings. The van der Waals surface area contributed by atoms with Crippen LogP contribution in [0.2, 0.25) is 0 Å². The van der Waals surface area contributed by atoms with Crippen molar-refractivity contribution < 1.29 is 14.2 Å². The molecule has 122 valence electrons. The molecule has 1 aliphatic heterocycles. The predicted molar refractivity (Wildman–Crippen MR) is 88.2 cm³/mol. The van der Waals surface area contributed by atoms with Crippen molar-refractivity contribution in [3.63, 3.8) is 0 Å². The molecule has 1 N–H and O–H groups in total. The summed E-state index contributed by atoms with van der Waals surface area (Å²) in [6.45, 7) is 2.43. The molecule has 1 aliphatic rings. The molecule has 3 rings (SSSR count).